The van der Waals surface area contributed by atoms with Crippen LogP contribution in [-0.4, -0.2) is 23.7 Å². The maximum Gasteiger partial charge on any atom is 0.235 e. The summed E-state index contributed by atoms with van der Waals surface area (Å²) in [5.41, 5.74) is 0.788. The maximum atomic E-state index is 10.7. The number of carbonyl (C=O) groups excluding carboxylic acids is 1. The number of hydrogen-bond acceptors (Lipinski definition) is 4. The van der Waals surface area contributed by atoms with E-state index < -0.39 is 0 Å². The Hall–Kier alpha value is -1.25. The van der Waals surface area contributed by atoms with Crippen LogP contribution in [-0.2, 0) is 10.3 Å². The van der Waals surface area contributed by atoms with Crippen molar-refractivity contribution in [3.63, 3.8) is 0 Å². The fourth-order valence-electron chi connectivity index (χ4n) is 2.83. The van der Waals surface area contributed by atoms with Crippen LogP contribution in [0.5, 0.6) is 5.75 Å². The Bertz CT molecular complexity index is 483. The van der Waals surface area contributed by atoms with Crippen LogP contribution in [0.1, 0.15) is 31.2 Å². The van der Waals surface area contributed by atoms with E-state index in [9.17, 15) is 4.79 Å². The molecule has 100 valence electrons. The molecule has 0 atom stereocenters. The number of rotatable bonds is 4. The van der Waals surface area contributed by atoms with Gasteiger partial charge in [0.2, 0.25) is 6.08 Å². The average molecular weight is 275 g/mol. The van der Waals surface area contributed by atoms with Gasteiger partial charge in [-0.15, -0.1) is 0 Å². The molecule has 1 heterocycles. The lowest BCUT2D eigenvalue weighted by atomic mass is 9.89. The number of ether oxygens (including phenoxy) is 1. The predicted octanol–water partition coefficient (Wildman–Crippen LogP) is 3.29. The first-order valence-corrected chi connectivity index (χ1v) is 7.92. The summed E-state index contributed by atoms with van der Waals surface area (Å²) >= 11 is 1.91. The first-order valence-electron chi connectivity index (χ1n) is 6.76. The van der Waals surface area contributed by atoms with Gasteiger partial charge in [0.15, 0.2) is 0 Å². The van der Waals surface area contributed by atoms with E-state index >= 15 is 0 Å². The molecule has 2 fully saturated rings. The molecule has 19 heavy (non-hydrogen) atoms. The molecule has 0 bridgehead atoms. The molecule has 1 aromatic rings. The van der Waals surface area contributed by atoms with Crippen LogP contribution in [0.3, 0.4) is 0 Å². The zero-order valence-corrected chi connectivity index (χ0v) is 11.6. The second-order valence-corrected chi connectivity index (χ2v) is 6.32. The third-order valence-electron chi connectivity index (χ3n) is 3.99. The van der Waals surface area contributed by atoms with Gasteiger partial charge in [-0.1, -0.05) is 25.0 Å². The van der Waals surface area contributed by atoms with Crippen LogP contribution >= 0.6 is 11.8 Å². The summed E-state index contributed by atoms with van der Waals surface area (Å²) in [6.45, 7) is 0. The minimum Gasteiger partial charge on any atom is -0.489 e. The Kier molecular flexibility index (Phi) is 3.63. The van der Waals surface area contributed by atoms with Gasteiger partial charge in [-0.2, -0.15) is 16.8 Å². The molecule has 0 amide bonds. The first-order chi connectivity index (χ1) is 9.32. The Morgan fingerprint density at radius 3 is 2.42 bits per heavy atom. The third-order valence-corrected chi connectivity index (χ3v) is 5.21. The van der Waals surface area contributed by atoms with Crippen molar-refractivity contribution in [1.82, 2.24) is 0 Å². The lowest BCUT2D eigenvalue weighted by Gasteiger charge is -2.27. The summed E-state index contributed by atoms with van der Waals surface area (Å²) in [4.78, 5) is 14.8. The summed E-state index contributed by atoms with van der Waals surface area (Å²) in [7, 11) is 0. The zero-order valence-electron chi connectivity index (χ0n) is 10.8. The highest BCUT2D eigenvalue weighted by atomic mass is 32.2. The quantitative estimate of drug-likeness (QED) is 0.625. The molecule has 1 aliphatic heterocycles. The molecule has 2 aliphatic rings. The van der Waals surface area contributed by atoms with Crippen LogP contribution in [0.4, 0.5) is 0 Å². The predicted molar refractivity (Wildman–Crippen MR) is 76.5 cm³/mol. The zero-order chi connectivity index (χ0) is 13.1. The van der Waals surface area contributed by atoms with Crippen LogP contribution in [0.25, 0.3) is 0 Å². The monoisotopic (exact) mass is 275 g/mol. The molecular formula is C15H17NO2S. The Balaban J connectivity index is 1.78. The molecular weight excluding hydrogens is 258 g/mol. The molecule has 0 N–H and O–H groups in total. The van der Waals surface area contributed by atoms with Crippen molar-refractivity contribution in [3.8, 4) is 5.75 Å². The van der Waals surface area contributed by atoms with Gasteiger partial charge in [-0.3, -0.25) is 0 Å². The Labute approximate surface area is 117 Å². The van der Waals surface area contributed by atoms with Crippen molar-refractivity contribution >= 4 is 17.8 Å². The summed E-state index contributed by atoms with van der Waals surface area (Å²) < 4.78 is 5.83. The van der Waals surface area contributed by atoms with E-state index in [-0.39, 0.29) is 5.54 Å². The Morgan fingerprint density at radius 1 is 1.21 bits per heavy atom. The smallest absolute Gasteiger partial charge is 0.235 e. The molecule has 0 radical (unpaired) electrons. The molecule has 3 nitrogen and oxygen atoms in total. The van der Waals surface area contributed by atoms with Gasteiger partial charge in [0.25, 0.3) is 0 Å². The number of aliphatic imine (C=N–C) groups is 1. The number of isocyanates is 1. The second kappa shape index (κ2) is 5.40. The fraction of sp³-hybridized carbons (Fsp3) is 0.533. The van der Waals surface area contributed by atoms with Gasteiger partial charge in [0, 0.05) is 11.5 Å². The second-order valence-electron chi connectivity index (χ2n) is 5.24. The summed E-state index contributed by atoms with van der Waals surface area (Å²) in [5.74, 6) is 3.08. The molecule has 4 heteroatoms. The highest BCUT2D eigenvalue weighted by Crippen LogP contribution is 2.42. The Morgan fingerprint density at radius 2 is 1.89 bits per heavy atom. The first kappa shape index (κ1) is 12.8. The van der Waals surface area contributed by atoms with E-state index in [1.807, 2.05) is 36.0 Å². The van der Waals surface area contributed by atoms with Gasteiger partial charge in [-0.25, -0.2) is 4.79 Å². The largest absolute Gasteiger partial charge is 0.489 e. The van der Waals surface area contributed by atoms with Gasteiger partial charge in [0.1, 0.15) is 11.9 Å². The number of nitrogens with zero attached hydrogens (tertiary/aromatic N) is 1. The molecule has 0 aromatic heterocycles. The highest BCUT2D eigenvalue weighted by Gasteiger charge is 2.35. The minimum absolute atomic E-state index is 0.327. The topological polar surface area (TPSA) is 38.7 Å². The maximum absolute atomic E-state index is 10.7. The van der Waals surface area contributed by atoms with E-state index in [1.54, 1.807) is 6.08 Å². The molecule has 1 saturated heterocycles. The molecule has 1 saturated carbocycles. The summed E-state index contributed by atoms with van der Waals surface area (Å²) in [5, 5.41) is 0. The van der Waals surface area contributed by atoms with Gasteiger partial charge in [-0.05, 0) is 30.5 Å². The summed E-state index contributed by atoms with van der Waals surface area (Å²) in [6.07, 6.45) is 6.27. The molecule has 3 rings (SSSR count). The van der Waals surface area contributed by atoms with E-state index in [4.69, 9.17) is 4.74 Å². The number of hydrogen-bond donors (Lipinski definition) is 0. The van der Waals surface area contributed by atoms with Crippen molar-refractivity contribution in [2.45, 2.75) is 37.3 Å². The number of benzene rings is 1. The fourth-order valence-corrected chi connectivity index (χ4v) is 3.39. The van der Waals surface area contributed by atoms with Gasteiger partial charge < -0.3 is 4.74 Å². The van der Waals surface area contributed by atoms with E-state index in [0.717, 1.165) is 48.5 Å². The molecule has 0 spiro atoms. The molecule has 0 unspecified atom stereocenters. The molecule has 1 aliphatic carbocycles. The average Bonchev–Trinajstić information content (AvgIpc) is 2.85. The summed E-state index contributed by atoms with van der Waals surface area (Å²) in [6, 6.07) is 8.10. The molecule has 1 aromatic carbocycles. The van der Waals surface area contributed by atoms with Crippen molar-refractivity contribution in [2.75, 3.05) is 11.5 Å². The van der Waals surface area contributed by atoms with E-state index in [0.29, 0.717) is 6.10 Å². The van der Waals surface area contributed by atoms with Crippen LogP contribution < -0.4 is 4.74 Å². The third kappa shape index (κ3) is 2.56. The van der Waals surface area contributed by atoms with Crippen LogP contribution in [0.15, 0.2) is 29.3 Å². The van der Waals surface area contributed by atoms with Crippen molar-refractivity contribution in [3.05, 3.63) is 29.8 Å². The standard InChI is InChI=1S/C15H17NO2S/c17-11-16-15(7-1-2-8-15)12-3-5-13(6-4-12)18-14-9-19-10-14/h3-6,14H,1-2,7-10H2. The normalized spacial score (nSPS) is 21.5. The van der Waals surface area contributed by atoms with E-state index in [2.05, 4.69) is 4.99 Å². The van der Waals surface area contributed by atoms with Crippen molar-refractivity contribution in [1.29, 1.82) is 0 Å². The SMILES string of the molecule is O=C=NC1(c2ccc(OC3CSC3)cc2)CCCC1. The van der Waals surface area contributed by atoms with Crippen LogP contribution in [0, 0.1) is 0 Å². The lowest BCUT2D eigenvalue weighted by molar-refractivity contribution is 0.240. The lowest BCUT2D eigenvalue weighted by Crippen LogP contribution is -2.31. The van der Waals surface area contributed by atoms with Gasteiger partial charge >= 0.3 is 0 Å². The van der Waals surface area contributed by atoms with Crippen LogP contribution in [0.2, 0.25) is 0 Å². The van der Waals surface area contributed by atoms with Gasteiger partial charge in [0.05, 0.1) is 5.54 Å². The highest BCUT2D eigenvalue weighted by molar-refractivity contribution is 8.00. The number of thioether (sulfide) groups is 1. The van der Waals surface area contributed by atoms with E-state index in [1.165, 1.54) is 0 Å². The van der Waals surface area contributed by atoms with Crippen molar-refractivity contribution in [2.24, 2.45) is 4.99 Å². The minimum atomic E-state index is -0.327. The van der Waals surface area contributed by atoms with Crippen molar-refractivity contribution < 1.29 is 9.53 Å².